The zero-order valence-corrected chi connectivity index (χ0v) is 13.0. The first-order valence-electron chi connectivity index (χ1n) is 8.00. The van der Waals surface area contributed by atoms with E-state index in [1.54, 1.807) is 6.20 Å². The predicted molar refractivity (Wildman–Crippen MR) is 87.0 cm³/mol. The zero-order valence-electron chi connectivity index (χ0n) is 13.0. The number of aromatic amines is 1. The van der Waals surface area contributed by atoms with Gasteiger partial charge < -0.3 is 20.3 Å². The van der Waals surface area contributed by atoms with Crippen molar-refractivity contribution in [1.82, 2.24) is 20.3 Å². The Morgan fingerprint density at radius 1 is 1.29 bits per heavy atom. The van der Waals surface area contributed by atoms with Crippen molar-refractivity contribution in [2.45, 2.75) is 25.3 Å². The molecule has 0 bridgehead atoms. The highest BCUT2D eigenvalue weighted by molar-refractivity contribution is 5.95. The van der Waals surface area contributed by atoms with Gasteiger partial charge in [-0.2, -0.15) is 9.97 Å². The Bertz CT molecular complexity index is 800. The fourth-order valence-corrected chi connectivity index (χ4v) is 3.02. The van der Waals surface area contributed by atoms with Gasteiger partial charge in [-0.25, -0.2) is 4.79 Å². The third-order valence-electron chi connectivity index (χ3n) is 4.39. The van der Waals surface area contributed by atoms with Gasteiger partial charge in [0, 0.05) is 25.2 Å². The smallest absolute Gasteiger partial charge is 0.404 e. The predicted octanol–water partition coefficient (Wildman–Crippen LogP) is 1.15. The third kappa shape index (κ3) is 2.84. The third-order valence-corrected chi connectivity index (χ3v) is 4.39. The Hall–Kier alpha value is -2.84. The van der Waals surface area contributed by atoms with Crippen LogP contribution in [-0.2, 0) is 4.79 Å². The average Bonchev–Trinajstić information content (AvgIpc) is 3.11. The largest absolute Gasteiger partial charge is 0.465 e. The summed E-state index contributed by atoms with van der Waals surface area (Å²) in [7, 11) is 0. The standard InChI is InChI=1S/C15H18N6O3/c22-13(8-1-2-8)20-14-18-11-10(3-5-16-11)12(19-14)21-6-4-9(7-21)17-15(23)24/h3,5,8-9,17H,1-2,4,6-7H2,(H,23,24)(H2,16,18,19,20,22). The fraction of sp³-hybridized carbons (Fsp3) is 0.467. The van der Waals surface area contributed by atoms with E-state index in [0.717, 1.165) is 18.2 Å². The quantitative estimate of drug-likeness (QED) is 0.667. The van der Waals surface area contributed by atoms with E-state index in [1.807, 2.05) is 11.0 Å². The summed E-state index contributed by atoms with van der Waals surface area (Å²) in [6.45, 7) is 1.23. The molecule has 2 aromatic rings. The Morgan fingerprint density at radius 3 is 2.88 bits per heavy atom. The molecule has 126 valence electrons. The molecule has 1 aliphatic heterocycles. The average molecular weight is 330 g/mol. The van der Waals surface area contributed by atoms with E-state index >= 15 is 0 Å². The number of amides is 2. The normalized spacial score (nSPS) is 20.3. The fourth-order valence-electron chi connectivity index (χ4n) is 3.02. The number of hydrogen-bond donors (Lipinski definition) is 4. The number of anilines is 2. The Balaban J connectivity index is 1.60. The van der Waals surface area contributed by atoms with Crippen molar-refractivity contribution in [3.8, 4) is 0 Å². The summed E-state index contributed by atoms with van der Waals surface area (Å²) < 4.78 is 0. The lowest BCUT2D eigenvalue weighted by Crippen LogP contribution is -2.36. The number of nitrogens with one attached hydrogen (secondary N) is 3. The highest BCUT2D eigenvalue weighted by Gasteiger charge is 2.31. The summed E-state index contributed by atoms with van der Waals surface area (Å²) in [4.78, 5) is 36.7. The minimum atomic E-state index is -1.02. The molecule has 4 N–H and O–H groups in total. The lowest BCUT2D eigenvalue weighted by Gasteiger charge is -2.19. The van der Waals surface area contributed by atoms with Crippen LogP contribution >= 0.6 is 0 Å². The van der Waals surface area contributed by atoms with Crippen LogP contribution in [0.3, 0.4) is 0 Å². The zero-order chi connectivity index (χ0) is 16.7. The topological polar surface area (TPSA) is 123 Å². The lowest BCUT2D eigenvalue weighted by atomic mass is 10.3. The highest BCUT2D eigenvalue weighted by Crippen LogP contribution is 2.31. The van der Waals surface area contributed by atoms with Gasteiger partial charge in [0.1, 0.15) is 11.5 Å². The molecule has 1 saturated heterocycles. The molecule has 3 heterocycles. The summed E-state index contributed by atoms with van der Waals surface area (Å²) in [5.41, 5.74) is 0.653. The Kier molecular flexibility index (Phi) is 3.47. The molecule has 9 nitrogen and oxygen atoms in total. The molecule has 0 radical (unpaired) electrons. The first-order chi connectivity index (χ1) is 11.6. The van der Waals surface area contributed by atoms with Gasteiger partial charge in [0.2, 0.25) is 11.9 Å². The van der Waals surface area contributed by atoms with E-state index in [9.17, 15) is 9.59 Å². The molecule has 2 fully saturated rings. The molecule has 0 spiro atoms. The molecular weight excluding hydrogens is 312 g/mol. The molecule has 2 amide bonds. The van der Waals surface area contributed by atoms with Crippen molar-refractivity contribution >= 4 is 34.8 Å². The van der Waals surface area contributed by atoms with Crippen LogP contribution in [0, 0.1) is 5.92 Å². The Labute approximate surface area is 137 Å². The maximum atomic E-state index is 12.0. The van der Waals surface area contributed by atoms with E-state index < -0.39 is 6.09 Å². The first kappa shape index (κ1) is 14.7. The van der Waals surface area contributed by atoms with Gasteiger partial charge >= 0.3 is 6.09 Å². The van der Waals surface area contributed by atoms with E-state index in [1.165, 1.54) is 0 Å². The maximum absolute atomic E-state index is 12.0. The molecule has 1 atom stereocenters. The molecular formula is C15H18N6O3. The number of nitrogens with zero attached hydrogens (tertiary/aromatic N) is 3. The van der Waals surface area contributed by atoms with Crippen molar-refractivity contribution in [3.63, 3.8) is 0 Å². The summed E-state index contributed by atoms with van der Waals surface area (Å²) >= 11 is 0. The monoisotopic (exact) mass is 330 g/mol. The van der Waals surface area contributed by atoms with Gasteiger partial charge in [0.25, 0.3) is 0 Å². The summed E-state index contributed by atoms with van der Waals surface area (Å²) in [5.74, 6) is 1.03. The van der Waals surface area contributed by atoms with Crippen molar-refractivity contribution in [1.29, 1.82) is 0 Å². The lowest BCUT2D eigenvalue weighted by molar-refractivity contribution is -0.117. The van der Waals surface area contributed by atoms with Gasteiger partial charge in [0.15, 0.2) is 0 Å². The van der Waals surface area contributed by atoms with E-state index in [-0.39, 0.29) is 23.8 Å². The summed E-state index contributed by atoms with van der Waals surface area (Å²) in [5, 5.41) is 15.0. The van der Waals surface area contributed by atoms with E-state index in [2.05, 4.69) is 25.6 Å². The highest BCUT2D eigenvalue weighted by atomic mass is 16.4. The number of carboxylic acid groups (broad SMARTS) is 1. The number of carbonyl (C=O) groups is 2. The first-order valence-corrected chi connectivity index (χ1v) is 8.00. The number of aromatic nitrogens is 3. The van der Waals surface area contributed by atoms with Crippen molar-refractivity contribution < 1.29 is 14.7 Å². The van der Waals surface area contributed by atoms with Gasteiger partial charge in [-0.1, -0.05) is 0 Å². The summed E-state index contributed by atoms with van der Waals surface area (Å²) in [6.07, 6.45) is 3.30. The van der Waals surface area contributed by atoms with Gasteiger partial charge in [-0.05, 0) is 25.3 Å². The van der Waals surface area contributed by atoms with Crippen LogP contribution in [0.1, 0.15) is 19.3 Å². The van der Waals surface area contributed by atoms with Crippen molar-refractivity contribution in [2.24, 2.45) is 5.92 Å². The molecule has 9 heteroatoms. The van der Waals surface area contributed by atoms with Crippen molar-refractivity contribution in [3.05, 3.63) is 12.3 Å². The molecule has 2 aliphatic rings. The SMILES string of the molecule is O=C(O)NC1CCN(c2nc(NC(=O)C3CC3)nc3[nH]ccc23)C1. The number of carbonyl (C=O) groups excluding carboxylic acids is 1. The molecule has 0 aromatic carbocycles. The molecule has 1 unspecified atom stereocenters. The number of H-pyrrole nitrogens is 1. The van der Waals surface area contributed by atoms with Crippen LogP contribution in [0.15, 0.2) is 12.3 Å². The Morgan fingerprint density at radius 2 is 2.12 bits per heavy atom. The number of rotatable bonds is 4. The van der Waals surface area contributed by atoms with Crippen LogP contribution in [0.5, 0.6) is 0 Å². The van der Waals surface area contributed by atoms with Crippen molar-refractivity contribution in [2.75, 3.05) is 23.3 Å². The molecule has 1 saturated carbocycles. The molecule has 24 heavy (non-hydrogen) atoms. The number of hydrogen-bond acceptors (Lipinski definition) is 5. The van der Waals surface area contributed by atoms with Crippen LogP contribution in [0.2, 0.25) is 0 Å². The van der Waals surface area contributed by atoms with E-state index in [0.29, 0.717) is 31.0 Å². The molecule has 1 aliphatic carbocycles. The second kappa shape index (κ2) is 5.66. The van der Waals surface area contributed by atoms with Crippen LogP contribution in [0.25, 0.3) is 11.0 Å². The summed E-state index contributed by atoms with van der Waals surface area (Å²) in [6, 6.07) is 1.76. The maximum Gasteiger partial charge on any atom is 0.404 e. The van der Waals surface area contributed by atoms with Crippen LogP contribution < -0.4 is 15.5 Å². The number of fused-ring (bicyclic) bond motifs is 1. The second-order valence-electron chi connectivity index (χ2n) is 6.26. The molecule has 4 rings (SSSR count). The van der Waals surface area contributed by atoms with Crippen LogP contribution in [-0.4, -0.2) is 51.2 Å². The van der Waals surface area contributed by atoms with Gasteiger partial charge in [-0.15, -0.1) is 0 Å². The minimum Gasteiger partial charge on any atom is -0.465 e. The van der Waals surface area contributed by atoms with Gasteiger partial charge in [0.05, 0.1) is 11.4 Å². The second-order valence-corrected chi connectivity index (χ2v) is 6.26. The van der Waals surface area contributed by atoms with Crippen LogP contribution in [0.4, 0.5) is 16.6 Å². The van der Waals surface area contributed by atoms with Gasteiger partial charge in [-0.3, -0.25) is 10.1 Å². The minimum absolute atomic E-state index is 0.0429. The molecule has 2 aromatic heterocycles. The van der Waals surface area contributed by atoms with E-state index in [4.69, 9.17) is 5.11 Å².